The van der Waals surface area contributed by atoms with Gasteiger partial charge in [-0.3, -0.25) is 4.98 Å². The van der Waals surface area contributed by atoms with Gasteiger partial charge in [-0.05, 0) is 24.5 Å². The molecule has 0 aliphatic carbocycles. The van der Waals surface area contributed by atoms with Crippen LogP contribution in [-0.4, -0.2) is 28.0 Å². The zero-order valence-corrected chi connectivity index (χ0v) is 10.9. The number of nitrogens with zero attached hydrogens (tertiary/aromatic N) is 3. The number of fused-ring (bicyclic) bond motifs is 3. The fourth-order valence-corrected chi connectivity index (χ4v) is 3.07. The molecule has 1 aliphatic rings. The van der Waals surface area contributed by atoms with Gasteiger partial charge in [0.2, 0.25) is 0 Å². The van der Waals surface area contributed by atoms with Crippen LogP contribution >= 0.6 is 0 Å². The summed E-state index contributed by atoms with van der Waals surface area (Å²) in [4.78, 5) is 14.5. The molecule has 4 rings (SSSR count). The Hall–Kier alpha value is -2.10. The third-order valence-corrected chi connectivity index (χ3v) is 4.04. The quantitative estimate of drug-likeness (QED) is 0.724. The van der Waals surface area contributed by atoms with Gasteiger partial charge in [0, 0.05) is 36.6 Å². The first-order valence-corrected chi connectivity index (χ1v) is 6.78. The molecule has 0 amide bonds. The Bertz CT molecular complexity index is 746. The van der Waals surface area contributed by atoms with Gasteiger partial charge in [-0.1, -0.05) is 6.92 Å². The van der Waals surface area contributed by atoms with Crippen molar-refractivity contribution in [1.82, 2.24) is 15.0 Å². The van der Waals surface area contributed by atoms with E-state index in [0.29, 0.717) is 0 Å². The van der Waals surface area contributed by atoms with E-state index in [1.54, 1.807) is 0 Å². The van der Waals surface area contributed by atoms with E-state index in [1.165, 1.54) is 22.9 Å². The lowest BCUT2D eigenvalue weighted by molar-refractivity contribution is 0.659. The Morgan fingerprint density at radius 2 is 2.26 bits per heavy atom. The molecule has 96 valence electrons. The molecule has 1 fully saturated rings. The van der Waals surface area contributed by atoms with Crippen molar-refractivity contribution in [3.8, 4) is 0 Å². The van der Waals surface area contributed by atoms with Gasteiger partial charge in [0.1, 0.15) is 5.65 Å². The molecule has 1 atom stereocenters. The Kier molecular flexibility index (Phi) is 2.24. The molecule has 3 aromatic rings. The summed E-state index contributed by atoms with van der Waals surface area (Å²) >= 11 is 0. The summed E-state index contributed by atoms with van der Waals surface area (Å²) in [5.74, 6) is 0.773. The smallest absolute Gasteiger partial charge is 0.140 e. The molecule has 3 aromatic heterocycles. The maximum atomic E-state index is 4.46. The molecule has 0 unspecified atom stereocenters. The van der Waals surface area contributed by atoms with Crippen molar-refractivity contribution >= 4 is 27.6 Å². The number of H-pyrrole nitrogens is 1. The summed E-state index contributed by atoms with van der Waals surface area (Å²) in [5.41, 5.74) is 3.32. The van der Waals surface area contributed by atoms with Crippen molar-refractivity contribution in [1.29, 1.82) is 0 Å². The molecule has 0 radical (unpaired) electrons. The number of pyridine rings is 2. The van der Waals surface area contributed by atoms with Gasteiger partial charge >= 0.3 is 0 Å². The van der Waals surface area contributed by atoms with Gasteiger partial charge in [-0.2, -0.15) is 0 Å². The number of aromatic amines is 1. The molecule has 1 N–H and O–H groups in total. The van der Waals surface area contributed by atoms with Gasteiger partial charge in [0.05, 0.1) is 17.1 Å². The van der Waals surface area contributed by atoms with E-state index in [0.717, 1.165) is 30.2 Å². The lowest BCUT2D eigenvalue weighted by Gasteiger charge is -2.19. The number of nitrogens with one attached hydrogen (secondary N) is 1. The molecular weight excluding hydrogens is 236 g/mol. The summed E-state index contributed by atoms with van der Waals surface area (Å²) in [5, 5.41) is 2.45. The molecule has 1 aliphatic heterocycles. The normalized spacial score (nSPS) is 19.6. The molecule has 4 heteroatoms. The zero-order chi connectivity index (χ0) is 12.8. The second-order valence-corrected chi connectivity index (χ2v) is 5.44. The second-order valence-electron chi connectivity index (χ2n) is 5.44. The Morgan fingerprint density at radius 3 is 3.11 bits per heavy atom. The standard InChI is InChI=1S/C15H16N4/c1-10-4-7-19(9-10)13-3-6-17-15-14(13)11-2-5-16-8-12(11)18-15/h2-3,5-6,8,10H,4,7,9H2,1H3,(H,17,18)/t10-/m0/s1. The minimum atomic E-state index is 0.773. The minimum Gasteiger partial charge on any atom is -0.371 e. The number of anilines is 1. The number of hydrogen-bond acceptors (Lipinski definition) is 3. The van der Waals surface area contributed by atoms with Gasteiger partial charge in [-0.25, -0.2) is 4.98 Å². The molecular formula is C15H16N4. The zero-order valence-electron chi connectivity index (χ0n) is 10.9. The highest BCUT2D eigenvalue weighted by Crippen LogP contribution is 2.34. The van der Waals surface area contributed by atoms with Crippen molar-refractivity contribution in [3.63, 3.8) is 0 Å². The predicted octanol–water partition coefficient (Wildman–Crippen LogP) is 2.96. The van der Waals surface area contributed by atoms with E-state index in [4.69, 9.17) is 0 Å². The number of hydrogen-bond donors (Lipinski definition) is 1. The van der Waals surface area contributed by atoms with Crippen molar-refractivity contribution < 1.29 is 0 Å². The van der Waals surface area contributed by atoms with E-state index in [1.807, 2.05) is 18.6 Å². The third kappa shape index (κ3) is 1.59. The van der Waals surface area contributed by atoms with Crippen molar-refractivity contribution in [3.05, 3.63) is 30.7 Å². The van der Waals surface area contributed by atoms with E-state index in [-0.39, 0.29) is 0 Å². The highest BCUT2D eigenvalue weighted by atomic mass is 15.2. The van der Waals surface area contributed by atoms with Crippen LogP contribution in [0.2, 0.25) is 0 Å². The van der Waals surface area contributed by atoms with E-state index < -0.39 is 0 Å². The summed E-state index contributed by atoms with van der Waals surface area (Å²) in [6.45, 7) is 4.59. The van der Waals surface area contributed by atoms with Crippen LogP contribution in [-0.2, 0) is 0 Å². The first-order chi connectivity index (χ1) is 9.33. The van der Waals surface area contributed by atoms with Crippen LogP contribution in [0.15, 0.2) is 30.7 Å². The molecule has 4 nitrogen and oxygen atoms in total. The summed E-state index contributed by atoms with van der Waals surface area (Å²) < 4.78 is 0. The highest BCUT2D eigenvalue weighted by Gasteiger charge is 2.22. The fourth-order valence-electron chi connectivity index (χ4n) is 3.07. The molecule has 0 bridgehead atoms. The van der Waals surface area contributed by atoms with Crippen molar-refractivity contribution in [2.24, 2.45) is 5.92 Å². The van der Waals surface area contributed by atoms with Crippen LogP contribution in [0.4, 0.5) is 5.69 Å². The first-order valence-electron chi connectivity index (χ1n) is 6.78. The largest absolute Gasteiger partial charge is 0.371 e. The average Bonchev–Trinajstić information content (AvgIpc) is 3.01. The highest BCUT2D eigenvalue weighted by molar-refractivity contribution is 6.11. The molecule has 0 spiro atoms. The Morgan fingerprint density at radius 1 is 1.32 bits per heavy atom. The van der Waals surface area contributed by atoms with Gasteiger partial charge in [0.15, 0.2) is 0 Å². The Balaban J connectivity index is 1.99. The lowest BCUT2D eigenvalue weighted by Crippen LogP contribution is -2.19. The third-order valence-electron chi connectivity index (χ3n) is 4.04. The van der Waals surface area contributed by atoms with Gasteiger partial charge in [-0.15, -0.1) is 0 Å². The van der Waals surface area contributed by atoms with Crippen molar-refractivity contribution in [2.75, 3.05) is 18.0 Å². The molecule has 19 heavy (non-hydrogen) atoms. The molecule has 1 saturated heterocycles. The summed E-state index contributed by atoms with van der Waals surface area (Å²) in [6, 6.07) is 4.20. The summed E-state index contributed by atoms with van der Waals surface area (Å²) in [7, 11) is 0. The maximum absolute atomic E-state index is 4.46. The maximum Gasteiger partial charge on any atom is 0.140 e. The lowest BCUT2D eigenvalue weighted by atomic mass is 10.1. The minimum absolute atomic E-state index is 0.773. The van der Waals surface area contributed by atoms with E-state index in [9.17, 15) is 0 Å². The van der Waals surface area contributed by atoms with E-state index in [2.05, 4.69) is 38.9 Å². The van der Waals surface area contributed by atoms with Crippen molar-refractivity contribution in [2.45, 2.75) is 13.3 Å². The monoisotopic (exact) mass is 252 g/mol. The summed E-state index contributed by atoms with van der Waals surface area (Å²) in [6.07, 6.45) is 6.88. The SMILES string of the molecule is C[C@H]1CCN(c2ccnc3[nH]c4cnccc4c23)C1. The fraction of sp³-hybridized carbons (Fsp3) is 0.333. The average molecular weight is 252 g/mol. The molecule has 4 heterocycles. The topological polar surface area (TPSA) is 44.8 Å². The first kappa shape index (κ1) is 10.8. The van der Waals surface area contributed by atoms with Crippen LogP contribution in [0.1, 0.15) is 13.3 Å². The van der Waals surface area contributed by atoms with Gasteiger partial charge < -0.3 is 9.88 Å². The predicted molar refractivity (Wildman–Crippen MR) is 77.4 cm³/mol. The van der Waals surface area contributed by atoms with E-state index >= 15 is 0 Å². The van der Waals surface area contributed by atoms with Crippen LogP contribution in [0, 0.1) is 5.92 Å². The van der Waals surface area contributed by atoms with Crippen LogP contribution in [0.5, 0.6) is 0 Å². The van der Waals surface area contributed by atoms with Crippen LogP contribution < -0.4 is 4.90 Å². The van der Waals surface area contributed by atoms with Gasteiger partial charge in [0.25, 0.3) is 0 Å². The Labute approximate surface area is 111 Å². The second kappa shape index (κ2) is 3.95. The molecule has 0 aromatic carbocycles. The number of aromatic nitrogens is 3. The molecule has 0 saturated carbocycles. The van der Waals surface area contributed by atoms with Crippen LogP contribution in [0.3, 0.4) is 0 Å². The number of rotatable bonds is 1. The van der Waals surface area contributed by atoms with Crippen LogP contribution in [0.25, 0.3) is 21.9 Å².